The minimum Gasteiger partial charge on any atom is -0.361 e. The van der Waals surface area contributed by atoms with E-state index in [-0.39, 0.29) is 11.8 Å². The molecule has 2 amide bonds. The van der Waals surface area contributed by atoms with Crippen LogP contribution in [-0.4, -0.2) is 47.4 Å². The number of aromatic nitrogens is 1. The number of rotatable bonds is 5. The molecule has 0 fully saturated rings. The maximum atomic E-state index is 13.1. The van der Waals surface area contributed by atoms with E-state index >= 15 is 0 Å². The van der Waals surface area contributed by atoms with E-state index in [2.05, 4.69) is 41.2 Å². The first-order chi connectivity index (χ1) is 17.4. The van der Waals surface area contributed by atoms with Crippen LogP contribution in [0.25, 0.3) is 10.9 Å². The van der Waals surface area contributed by atoms with E-state index in [0.717, 1.165) is 55.7 Å². The number of hydrogen-bond donors (Lipinski definition) is 2. The zero-order chi connectivity index (χ0) is 25.5. The molecule has 2 heterocycles. The van der Waals surface area contributed by atoms with Gasteiger partial charge < -0.3 is 15.2 Å². The Morgan fingerprint density at radius 2 is 1.75 bits per heavy atom. The van der Waals surface area contributed by atoms with Gasteiger partial charge in [-0.25, -0.2) is 0 Å². The van der Waals surface area contributed by atoms with Crippen molar-refractivity contribution in [1.29, 1.82) is 0 Å². The maximum Gasteiger partial charge on any atom is 0.251 e. The van der Waals surface area contributed by atoms with Crippen LogP contribution in [0.5, 0.6) is 0 Å². The summed E-state index contributed by atoms with van der Waals surface area (Å²) in [5, 5.41) is 4.30. The molecular formula is C30H40N4O2. The van der Waals surface area contributed by atoms with Gasteiger partial charge in [0.15, 0.2) is 0 Å². The average molecular weight is 489 g/mol. The second-order valence-electron chi connectivity index (χ2n) is 10.2. The lowest BCUT2D eigenvalue weighted by Crippen LogP contribution is -2.35. The molecule has 0 aliphatic carbocycles. The third-order valence-corrected chi connectivity index (χ3v) is 7.30. The minimum atomic E-state index is -0.0748. The van der Waals surface area contributed by atoms with Crippen LogP contribution in [0.4, 0.5) is 5.69 Å². The smallest absolute Gasteiger partial charge is 0.251 e. The number of fused-ring (bicyclic) bond motifs is 2. The molecule has 0 spiro atoms. The summed E-state index contributed by atoms with van der Waals surface area (Å²) in [5.41, 5.74) is 4.94. The first-order valence-corrected chi connectivity index (χ1v) is 13.4. The highest BCUT2D eigenvalue weighted by Gasteiger charge is 2.21. The summed E-state index contributed by atoms with van der Waals surface area (Å²) in [4.78, 5) is 33.4. The summed E-state index contributed by atoms with van der Waals surface area (Å²) in [5.74, 6) is -0.0189. The molecule has 36 heavy (non-hydrogen) atoms. The Labute approximate surface area is 215 Å². The fourth-order valence-corrected chi connectivity index (χ4v) is 5.17. The van der Waals surface area contributed by atoms with Crippen molar-refractivity contribution in [2.45, 2.75) is 71.9 Å². The van der Waals surface area contributed by atoms with Gasteiger partial charge in [0.1, 0.15) is 0 Å². The van der Waals surface area contributed by atoms with Crippen LogP contribution in [-0.2, 0) is 17.8 Å². The number of H-pyrrole nitrogens is 1. The summed E-state index contributed by atoms with van der Waals surface area (Å²) >= 11 is 0. The van der Waals surface area contributed by atoms with Crippen LogP contribution in [0, 0.1) is 0 Å². The van der Waals surface area contributed by atoms with E-state index in [1.54, 1.807) is 6.92 Å². The number of aromatic amines is 1. The number of carbonyl (C=O) groups excluding carboxylic acids is 2. The van der Waals surface area contributed by atoms with E-state index in [1.165, 1.54) is 30.2 Å². The quantitative estimate of drug-likeness (QED) is 0.486. The molecule has 4 rings (SSSR count). The average Bonchev–Trinajstić information content (AvgIpc) is 3.27. The first-order valence-electron chi connectivity index (χ1n) is 13.4. The van der Waals surface area contributed by atoms with Crippen molar-refractivity contribution in [2.24, 2.45) is 0 Å². The van der Waals surface area contributed by atoms with Crippen molar-refractivity contribution in [2.75, 3.05) is 24.5 Å². The van der Waals surface area contributed by atoms with Crippen LogP contribution >= 0.6 is 0 Å². The Morgan fingerprint density at radius 1 is 1.00 bits per heavy atom. The van der Waals surface area contributed by atoms with E-state index < -0.39 is 0 Å². The molecule has 0 unspecified atom stereocenters. The molecule has 1 aromatic heterocycles. The van der Waals surface area contributed by atoms with Crippen LogP contribution < -0.4 is 10.2 Å². The number of hydrogen-bond acceptors (Lipinski definition) is 3. The monoisotopic (exact) mass is 488 g/mol. The molecule has 0 saturated carbocycles. The van der Waals surface area contributed by atoms with Gasteiger partial charge in [0.25, 0.3) is 5.91 Å². The van der Waals surface area contributed by atoms with E-state index in [1.807, 2.05) is 41.4 Å². The summed E-state index contributed by atoms with van der Waals surface area (Å²) < 4.78 is 0. The lowest BCUT2D eigenvalue weighted by molar-refractivity contribution is -0.116. The van der Waals surface area contributed by atoms with Crippen LogP contribution in [0.2, 0.25) is 0 Å². The van der Waals surface area contributed by atoms with Crippen LogP contribution in [0.1, 0.15) is 74.4 Å². The normalized spacial score (nSPS) is 15.8. The van der Waals surface area contributed by atoms with Gasteiger partial charge in [-0.3, -0.25) is 14.5 Å². The van der Waals surface area contributed by atoms with E-state index in [0.29, 0.717) is 18.2 Å². The molecule has 192 valence electrons. The molecule has 0 saturated heterocycles. The summed E-state index contributed by atoms with van der Waals surface area (Å²) in [6.45, 7) is 9.12. The summed E-state index contributed by atoms with van der Waals surface area (Å²) in [6.07, 6.45) is 8.53. The lowest BCUT2D eigenvalue weighted by atomic mass is 10.0. The second-order valence-corrected chi connectivity index (χ2v) is 10.2. The van der Waals surface area contributed by atoms with E-state index in [9.17, 15) is 9.59 Å². The molecule has 1 aliphatic rings. The van der Waals surface area contributed by atoms with Gasteiger partial charge in [-0.15, -0.1) is 0 Å². The van der Waals surface area contributed by atoms with Gasteiger partial charge in [-0.05, 0) is 75.0 Å². The number of amides is 2. The number of nitrogens with one attached hydrogen (secondary N) is 2. The molecule has 2 N–H and O–H groups in total. The number of nitrogens with zero attached hydrogens (tertiary/aromatic N) is 2. The molecule has 1 aliphatic heterocycles. The van der Waals surface area contributed by atoms with Crippen LogP contribution in [0.3, 0.4) is 0 Å². The van der Waals surface area contributed by atoms with Gasteiger partial charge in [0.2, 0.25) is 5.91 Å². The van der Waals surface area contributed by atoms with Gasteiger partial charge in [0.05, 0.1) is 0 Å². The van der Waals surface area contributed by atoms with Crippen molar-refractivity contribution < 1.29 is 9.59 Å². The third kappa shape index (κ3) is 6.35. The molecule has 0 radical (unpaired) electrons. The Hall–Kier alpha value is -3.12. The maximum absolute atomic E-state index is 13.1. The Morgan fingerprint density at radius 3 is 2.53 bits per heavy atom. The van der Waals surface area contributed by atoms with Gasteiger partial charge >= 0.3 is 0 Å². The summed E-state index contributed by atoms with van der Waals surface area (Å²) in [6, 6.07) is 14.4. The zero-order valence-corrected chi connectivity index (χ0v) is 22.0. The molecule has 6 heteroatoms. The third-order valence-electron chi connectivity index (χ3n) is 7.30. The molecular weight excluding hydrogens is 448 g/mol. The van der Waals surface area contributed by atoms with E-state index in [4.69, 9.17) is 0 Å². The van der Waals surface area contributed by atoms with Gasteiger partial charge in [-0.2, -0.15) is 0 Å². The standard InChI is InChI=1S/C30H40N4O2/c1-22(2)33-17-9-5-4-6-10-18-34(23(3)35)29-14-13-24(19-26(29)21-33)30(36)31-16-15-25-20-32-28-12-8-7-11-27(25)28/h7-8,11-14,19-20,22,32H,4-6,9-10,15-18,21H2,1-3H3,(H,31,36). The number of para-hydroxylation sites is 1. The fourth-order valence-electron chi connectivity index (χ4n) is 5.17. The van der Waals surface area contributed by atoms with Crippen molar-refractivity contribution in [3.8, 4) is 0 Å². The van der Waals surface area contributed by atoms with Gasteiger partial charge in [-0.1, -0.05) is 37.5 Å². The molecule has 0 atom stereocenters. The highest BCUT2D eigenvalue weighted by Crippen LogP contribution is 2.27. The zero-order valence-electron chi connectivity index (χ0n) is 22.0. The number of benzene rings is 2. The minimum absolute atomic E-state index is 0.0559. The van der Waals surface area contributed by atoms with Crippen molar-refractivity contribution >= 4 is 28.4 Å². The highest BCUT2D eigenvalue weighted by molar-refractivity contribution is 5.97. The Balaban J connectivity index is 1.53. The highest BCUT2D eigenvalue weighted by atomic mass is 16.2. The van der Waals surface area contributed by atoms with Crippen molar-refractivity contribution in [3.05, 3.63) is 65.4 Å². The van der Waals surface area contributed by atoms with Gasteiger partial charge in [0, 0.05) is 61.0 Å². The van der Waals surface area contributed by atoms with Crippen molar-refractivity contribution in [3.63, 3.8) is 0 Å². The largest absolute Gasteiger partial charge is 0.361 e. The summed E-state index contributed by atoms with van der Waals surface area (Å²) in [7, 11) is 0. The molecule has 0 bridgehead atoms. The Bertz CT molecular complexity index is 1180. The number of anilines is 1. The molecule has 3 aromatic rings. The molecule has 6 nitrogen and oxygen atoms in total. The molecule has 2 aromatic carbocycles. The lowest BCUT2D eigenvalue weighted by Gasteiger charge is -2.31. The fraction of sp³-hybridized carbons (Fsp3) is 0.467. The predicted octanol–water partition coefficient (Wildman–Crippen LogP) is 5.67. The number of carbonyl (C=O) groups is 2. The SMILES string of the molecule is CC(=O)N1CCCCCCCN(C(C)C)Cc2cc(C(=O)NCCc3c[nH]c4ccccc34)ccc21. The Kier molecular flexibility index (Phi) is 8.81. The first kappa shape index (κ1) is 26.0. The predicted molar refractivity (Wildman–Crippen MR) is 147 cm³/mol. The van der Waals surface area contributed by atoms with Crippen LogP contribution in [0.15, 0.2) is 48.7 Å². The second kappa shape index (κ2) is 12.2. The topological polar surface area (TPSA) is 68.4 Å². The van der Waals surface area contributed by atoms with Crippen molar-refractivity contribution in [1.82, 2.24) is 15.2 Å².